The minimum atomic E-state index is 0.0372. The predicted molar refractivity (Wildman–Crippen MR) is 127 cm³/mol. The molecular formula is C26H20ClN3O. The number of phenols is 1. The molecule has 4 N–H and O–H groups in total. The number of aromatic hydroxyl groups is 1. The summed E-state index contributed by atoms with van der Waals surface area (Å²) in [6.45, 7) is 0. The lowest BCUT2D eigenvalue weighted by Crippen LogP contribution is -1.94. The number of hydrogen-bond acceptors (Lipinski definition) is 3. The van der Waals surface area contributed by atoms with Crippen LogP contribution in [0.1, 0.15) is 11.1 Å². The maximum atomic E-state index is 10.9. The topological polar surface area (TPSA) is 74.9 Å². The summed E-state index contributed by atoms with van der Waals surface area (Å²) in [6, 6.07) is 27.5. The maximum absolute atomic E-state index is 10.9. The first kappa shape index (κ1) is 19.2. The molecule has 5 heteroatoms. The van der Waals surface area contributed by atoms with Crippen LogP contribution in [0.15, 0.2) is 84.9 Å². The lowest BCUT2D eigenvalue weighted by atomic mass is 9.96. The first-order chi connectivity index (χ1) is 15.1. The highest BCUT2D eigenvalue weighted by Crippen LogP contribution is 2.42. The monoisotopic (exact) mass is 425 g/mol. The number of hydrogen-bond donors (Lipinski definition) is 3. The number of fused-ring (bicyclic) bond motifs is 1. The van der Waals surface area contributed by atoms with Crippen molar-refractivity contribution >= 4 is 28.5 Å². The molecule has 0 atom stereocenters. The Balaban J connectivity index is 1.75. The Bertz CT molecular complexity index is 1380. The van der Waals surface area contributed by atoms with Crippen molar-refractivity contribution in [2.24, 2.45) is 0 Å². The Kier molecular flexibility index (Phi) is 4.85. The largest absolute Gasteiger partial charge is 0.506 e. The number of benzene rings is 3. The number of anilines is 1. The molecule has 31 heavy (non-hydrogen) atoms. The van der Waals surface area contributed by atoms with Gasteiger partial charge in [0.15, 0.2) is 0 Å². The number of nitrogens with two attached hydrogens (primary N) is 1. The highest BCUT2D eigenvalue weighted by Gasteiger charge is 2.20. The van der Waals surface area contributed by atoms with Gasteiger partial charge in [0.2, 0.25) is 0 Å². The van der Waals surface area contributed by atoms with Gasteiger partial charge >= 0.3 is 0 Å². The van der Waals surface area contributed by atoms with Crippen LogP contribution in [0.2, 0.25) is 5.02 Å². The number of rotatable bonds is 4. The summed E-state index contributed by atoms with van der Waals surface area (Å²) in [4.78, 5) is 8.02. The van der Waals surface area contributed by atoms with Crippen LogP contribution >= 0.6 is 11.6 Å². The molecule has 0 unspecified atom stereocenters. The number of nitrogens with one attached hydrogen (secondary N) is 1. The zero-order valence-electron chi connectivity index (χ0n) is 16.6. The molecule has 0 amide bonds. The van der Waals surface area contributed by atoms with E-state index in [-0.39, 0.29) is 5.75 Å². The second-order valence-electron chi connectivity index (χ2n) is 7.49. The molecule has 3 aromatic carbocycles. The molecule has 0 spiro atoms. The maximum Gasteiger partial charge on any atom is 0.143 e. The predicted octanol–water partition coefficient (Wildman–Crippen LogP) is 6.43. The van der Waals surface area contributed by atoms with Gasteiger partial charge < -0.3 is 15.8 Å². The third-order valence-electron chi connectivity index (χ3n) is 5.43. The standard InChI is InChI=1S/C26H20ClN3O/c27-21-15-18(17-9-5-2-6-10-17)14-20(26(21)31)24-19(13-16-7-3-1-4-8-16)25-22(29-24)11-12-23(28)30-25/h1-12,14-15,29,31H,13H2,(H2,28,30). The zero-order chi connectivity index (χ0) is 21.4. The van der Waals surface area contributed by atoms with Crippen molar-refractivity contribution in [1.29, 1.82) is 0 Å². The van der Waals surface area contributed by atoms with Gasteiger partial charge in [-0.1, -0.05) is 72.3 Å². The van der Waals surface area contributed by atoms with Crippen molar-refractivity contribution in [3.05, 3.63) is 101 Å². The molecule has 4 nitrogen and oxygen atoms in total. The summed E-state index contributed by atoms with van der Waals surface area (Å²) in [5.41, 5.74) is 13.1. The average Bonchev–Trinajstić information content (AvgIpc) is 3.14. The van der Waals surface area contributed by atoms with E-state index in [0.717, 1.165) is 39.0 Å². The third kappa shape index (κ3) is 3.62. The van der Waals surface area contributed by atoms with Crippen molar-refractivity contribution in [1.82, 2.24) is 9.97 Å². The second-order valence-corrected chi connectivity index (χ2v) is 7.90. The van der Waals surface area contributed by atoms with Gasteiger partial charge in [-0.25, -0.2) is 4.98 Å². The van der Waals surface area contributed by atoms with E-state index >= 15 is 0 Å². The molecule has 0 fully saturated rings. The molecule has 0 radical (unpaired) electrons. The van der Waals surface area contributed by atoms with E-state index in [4.69, 9.17) is 17.3 Å². The molecule has 2 aromatic heterocycles. The summed E-state index contributed by atoms with van der Waals surface area (Å²) in [6.07, 6.45) is 0.638. The SMILES string of the molecule is Nc1ccc2[nH]c(-c3cc(-c4ccccc4)cc(Cl)c3O)c(Cc3ccccc3)c2n1. The molecule has 0 aliphatic heterocycles. The number of aromatic nitrogens is 2. The van der Waals surface area contributed by atoms with E-state index < -0.39 is 0 Å². The third-order valence-corrected chi connectivity index (χ3v) is 5.72. The van der Waals surface area contributed by atoms with Crippen LogP contribution in [0.25, 0.3) is 33.4 Å². The van der Waals surface area contributed by atoms with Crippen molar-refractivity contribution in [2.75, 3.05) is 5.73 Å². The second kappa shape index (κ2) is 7.82. The van der Waals surface area contributed by atoms with Crippen molar-refractivity contribution < 1.29 is 5.11 Å². The molecule has 0 aliphatic rings. The van der Waals surface area contributed by atoms with E-state index in [2.05, 4.69) is 22.1 Å². The van der Waals surface area contributed by atoms with Gasteiger partial charge in [0.25, 0.3) is 0 Å². The average molecular weight is 426 g/mol. The summed E-state index contributed by atoms with van der Waals surface area (Å²) >= 11 is 6.46. The smallest absolute Gasteiger partial charge is 0.143 e. The molecule has 5 rings (SSSR count). The van der Waals surface area contributed by atoms with Gasteiger partial charge in [0.05, 0.1) is 21.7 Å². The van der Waals surface area contributed by atoms with E-state index in [9.17, 15) is 5.11 Å². The van der Waals surface area contributed by atoms with Crippen LogP contribution in [0.4, 0.5) is 5.82 Å². The van der Waals surface area contributed by atoms with Gasteiger partial charge in [0, 0.05) is 17.5 Å². The van der Waals surface area contributed by atoms with E-state index in [0.29, 0.717) is 22.8 Å². The minimum absolute atomic E-state index is 0.0372. The van der Waals surface area contributed by atoms with Crippen LogP contribution in [0, 0.1) is 0 Å². The number of phenolic OH excluding ortho intramolecular Hbond substituents is 1. The van der Waals surface area contributed by atoms with E-state index in [1.54, 1.807) is 12.1 Å². The highest BCUT2D eigenvalue weighted by molar-refractivity contribution is 6.33. The number of pyridine rings is 1. The molecule has 0 saturated carbocycles. The fraction of sp³-hybridized carbons (Fsp3) is 0.0385. The molecule has 2 heterocycles. The van der Waals surface area contributed by atoms with Gasteiger partial charge in [-0.05, 0) is 41.0 Å². The molecule has 152 valence electrons. The lowest BCUT2D eigenvalue weighted by Gasteiger charge is -2.12. The van der Waals surface area contributed by atoms with Crippen molar-refractivity contribution in [2.45, 2.75) is 6.42 Å². The zero-order valence-corrected chi connectivity index (χ0v) is 17.4. The minimum Gasteiger partial charge on any atom is -0.506 e. The molecule has 0 bridgehead atoms. The van der Waals surface area contributed by atoms with Gasteiger partial charge in [-0.2, -0.15) is 0 Å². The van der Waals surface area contributed by atoms with Crippen LogP contribution < -0.4 is 5.73 Å². The van der Waals surface area contributed by atoms with Gasteiger partial charge in [-0.15, -0.1) is 0 Å². The number of nitrogens with zero attached hydrogens (tertiary/aromatic N) is 1. The van der Waals surface area contributed by atoms with Crippen LogP contribution in [-0.2, 0) is 6.42 Å². The first-order valence-electron chi connectivity index (χ1n) is 9.99. The molecule has 0 saturated heterocycles. The number of aromatic amines is 1. The normalized spacial score (nSPS) is 11.1. The fourth-order valence-electron chi connectivity index (χ4n) is 3.92. The molecular weight excluding hydrogens is 406 g/mol. The molecule has 5 aromatic rings. The fourth-order valence-corrected chi connectivity index (χ4v) is 4.14. The van der Waals surface area contributed by atoms with Crippen LogP contribution in [0.5, 0.6) is 5.75 Å². The Morgan fingerprint density at radius 1 is 0.871 bits per heavy atom. The Hall–Kier alpha value is -3.76. The molecule has 0 aliphatic carbocycles. The van der Waals surface area contributed by atoms with Gasteiger partial charge in [0.1, 0.15) is 11.6 Å². The van der Waals surface area contributed by atoms with Crippen molar-refractivity contribution in [3.63, 3.8) is 0 Å². The highest BCUT2D eigenvalue weighted by atomic mass is 35.5. The number of H-pyrrole nitrogens is 1. The Morgan fingerprint density at radius 3 is 2.32 bits per heavy atom. The lowest BCUT2D eigenvalue weighted by molar-refractivity contribution is 0.477. The number of halogens is 1. The summed E-state index contributed by atoms with van der Waals surface area (Å²) in [5.74, 6) is 0.489. The Morgan fingerprint density at radius 2 is 1.58 bits per heavy atom. The van der Waals surface area contributed by atoms with E-state index in [1.807, 2.05) is 60.7 Å². The summed E-state index contributed by atoms with van der Waals surface area (Å²) < 4.78 is 0. The van der Waals surface area contributed by atoms with Gasteiger partial charge in [-0.3, -0.25) is 0 Å². The summed E-state index contributed by atoms with van der Waals surface area (Å²) in [5, 5.41) is 11.2. The van der Waals surface area contributed by atoms with E-state index in [1.165, 1.54) is 0 Å². The first-order valence-corrected chi connectivity index (χ1v) is 10.4. The number of nitrogen functional groups attached to an aromatic ring is 1. The van der Waals surface area contributed by atoms with Crippen LogP contribution in [0.3, 0.4) is 0 Å². The summed E-state index contributed by atoms with van der Waals surface area (Å²) in [7, 11) is 0. The van der Waals surface area contributed by atoms with Crippen LogP contribution in [-0.4, -0.2) is 15.1 Å². The Labute approximate surface area is 185 Å². The quantitative estimate of drug-likeness (QED) is 0.310. The van der Waals surface area contributed by atoms with Crippen molar-refractivity contribution in [3.8, 4) is 28.1 Å².